The van der Waals surface area contributed by atoms with E-state index < -0.39 is 35.9 Å². The van der Waals surface area contributed by atoms with Crippen LogP contribution in [0.3, 0.4) is 0 Å². The van der Waals surface area contributed by atoms with Gasteiger partial charge in [0, 0.05) is 11.8 Å². The lowest BCUT2D eigenvalue weighted by Crippen LogP contribution is -2.49. The number of imide groups is 1. The minimum Gasteiger partial charge on any atom is -0.476 e. The molecule has 1 saturated heterocycles. The van der Waals surface area contributed by atoms with Gasteiger partial charge >= 0.3 is 12.0 Å². The SMILES string of the molecule is O=C(O)c1csc(NC(=O)C(CC2CCCCC2)N2C(=O)NC(Cc3ccccc3)C2=O)n1. The molecule has 2 fully saturated rings. The zero-order valence-electron chi connectivity index (χ0n) is 18.0. The molecule has 1 aliphatic carbocycles. The highest BCUT2D eigenvalue weighted by Gasteiger charge is 2.45. The van der Waals surface area contributed by atoms with Gasteiger partial charge in [-0.05, 0) is 17.9 Å². The van der Waals surface area contributed by atoms with Crippen molar-refractivity contribution in [1.29, 1.82) is 0 Å². The lowest BCUT2D eigenvalue weighted by molar-refractivity contribution is -0.134. The van der Waals surface area contributed by atoms with Crippen LogP contribution in [-0.4, -0.2) is 50.9 Å². The number of carbonyl (C=O) groups excluding carboxylic acids is 3. The average molecular weight is 471 g/mol. The highest BCUT2D eigenvalue weighted by atomic mass is 32.1. The van der Waals surface area contributed by atoms with E-state index in [0.29, 0.717) is 12.8 Å². The lowest BCUT2D eigenvalue weighted by atomic mass is 9.84. The van der Waals surface area contributed by atoms with Crippen LogP contribution in [0.1, 0.15) is 54.6 Å². The molecule has 1 aliphatic heterocycles. The van der Waals surface area contributed by atoms with E-state index in [4.69, 9.17) is 5.11 Å². The van der Waals surface area contributed by atoms with Crippen LogP contribution < -0.4 is 10.6 Å². The Morgan fingerprint density at radius 3 is 2.58 bits per heavy atom. The van der Waals surface area contributed by atoms with Crippen molar-refractivity contribution in [2.45, 2.75) is 57.0 Å². The van der Waals surface area contributed by atoms with Crippen molar-refractivity contribution in [2.75, 3.05) is 5.32 Å². The number of thiazole rings is 1. The van der Waals surface area contributed by atoms with Crippen molar-refractivity contribution >= 4 is 40.3 Å². The highest BCUT2D eigenvalue weighted by Crippen LogP contribution is 2.30. The van der Waals surface area contributed by atoms with Crippen LogP contribution in [0.25, 0.3) is 0 Å². The zero-order valence-corrected chi connectivity index (χ0v) is 18.8. The van der Waals surface area contributed by atoms with Crippen LogP contribution in [0, 0.1) is 5.92 Å². The number of urea groups is 1. The Kier molecular flexibility index (Phi) is 7.02. The summed E-state index contributed by atoms with van der Waals surface area (Å²) in [5.41, 5.74) is 0.743. The molecule has 0 spiro atoms. The Balaban J connectivity index is 1.53. The Hall–Kier alpha value is -3.27. The molecule has 0 bridgehead atoms. The van der Waals surface area contributed by atoms with Gasteiger partial charge in [-0.25, -0.2) is 19.5 Å². The van der Waals surface area contributed by atoms with Crippen LogP contribution in [0.15, 0.2) is 35.7 Å². The van der Waals surface area contributed by atoms with Gasteiger partial charge in [-0.15, -0.1) is 11.3 Å². The molecule has 9 nitrogen and oxygen atoms in total. The topological polar surface area (TPSA) is 129 Å². The maximum atomic E-state index is 13.2. The molecular formula is C23H26N4O5S. The molecule has 33 heavy (non-hydrogen) atoms. The van der Waals surface area contributed by atoms with Crippen LogP contribution >= 0.6 is 11.3 Å². The summed E-state index contributed by atoms with van der Waals surface area (Å²) in [6.07, 6.45) is 5.87. The summed E-state index contributed by atoms with van der Waals surface area (Å²) in [5.74, 6) is -1.92. The fourth-order valence-corrected chi connectivity index (χ4v) is 5.21. The number of hydrogen-bond acceptors (Lipinski definition) is 6. The number of carboxylic acids is 1. The van der Waals surface area contributed by atoms with Gasteiger partial charge in [-0.3, -0.25) is 9.59 Å². The van der Waals surface area contributed by atoms with Crippen molar-refractivity contribution in [2.24, 2.45) is 5.92 Å². The van der Waals surface area contributed by atoms with E-state index in [0.717, 1.165) is 53.9 Å². The van der Waals surface area contributed by atoms with Crippen molar-refractivity contribution in [3.63, 3.8) is 0 Å². The van der Waals surface area contributed by atoms with Gasteiger partial charge in [0.1, 0.15) is 12.1 Å². The quantitative estimate of drug-likeness (QED) is 0.508. The zero-order chi connectivity index (χ0) is 23.4. The standard InChI is InChI=1S/C23H26N4O5S/c28-19(26-22-24-17(13-33-22)21(30)31)18(12-15-9-5-2-6-10-15)27-20(29)16(25-23(27)32)11-14-7-3-1-4-8-14/h1,3-4,7-8,13,15-16,18H,2,5-6,9-12H2,(H,25,32)(H,30,31)(H,24,26,28). The normalized spacial score (nSPS) is 19.9. The summed E-state index contributed by atoms with van der Waals surface area (Å²) < 4.78 is 0. The number of carbonyl (C=O) groups is 4. The minimum absolute atomic E-state index is 0.124. The number of aromatic carboxylic acids is 1. The second-order valence-electron chi connectivity index (χ2n) is 8.49. The Morgan fingerprint density at radius 2 is 1.91 bits per heavy atom. The van der Waals surface area contributed by atoms with E-state index in [-0.39, 0.29) is 16.7 Å². The third-order valence-electron chi connectivity index (χ3n) is 6.18. The molecule has 174 valence electrons. The van der Waals surface area contributed by atoms with Crippen LogP contribution in [0.2, 0.25) is 0 Å². The third-order valence-corrected chi connectivity index (χ3v) is 6.94. The van der Waals surface area contributed by atoms with Gasteiger partial charge < -0.3 is 15.7 Å². The third kappa shape index (κ3) is 5.39. The smallest absolute Gasteiger partial charge is 0.355 e. The Labute approximate surface area is 195 Å². The maximum absolute atomic E-state index is 13.2. The molecule has 0 radical (unpaired) electrons. The fraction of sp³-hybridized carbons (Fsp3) is 0.435. The van der Waals surface area contributed by atoms with Gasteiger partial charge in [-0.2, -0.15) is 0 Å². The summed E-state index contributed by atoms with van der Waals surface area (Å²) in [6.45, 7) is 0. The number of nitrogens with one attached hydrogen (secondary N) is 2. The summed E-state index contributed by atoms with van der Waals surface area (Å²) in [6, 6.07) is 7.08. The van der Waals surface area contributed by atoms with Crippen molar-refractivity contribution in [1.82, 2.24) is 15.2 Å². The van der Waals surface area contributed by atoms with Crippen molar-refractivity contribution in [3.05, 3.63) is 47.0 Å². The largest absolute Gasteiger partial charge is 0.476 e. The predicted octanol–water partition coefficient (Wildman–Crippen LogP) is 3.28. The van der Waals surface area contributed by atoms with E-state index in [1.807, 2.05) is 30.3 Å². The molecular weight excluding hydrogens is 444 g/mol. The first-order valence-electron chi connectivity index (χ1n) is 11.1. The molecule has 2 aromatic rings. The summed E-state index contributed by atoms with van der Waals surface area (Å²) >= 11 is 0.988. The number of nitrogens with zero attached hydrogens (tertiary/aromatic N) is 2. The first kappa shape index (κ1) is 22.9. The fourth-order valence-electron chi connectivity index (χ4n) is 4.52. The first-order chi connectivity index (χ1) is 15.9. The Bertz CT molecular complexity index is 1030. The number of hydrogen-bond donors (Lipinski definition) is 3. The summed E-state index contributed by atoms with van der Waals surface area (Å²) in [5, 5.41) is 15.9. The van der Waals surface area contributed by atoms with Gasteiger partial charge in [0.15, 0.2) is 10.8 Å². The molecule has 1 aromatic carbocycles. The summed E-state index contributed by atoms with van der Waals surface area (Å²) in [4.78, 5) is 55.4. The van der Waals surface area contributed by atoms with E-state index in [2.05, 4.69) is 15.6 Å². The molecule has 2 aliphatic rings. The first-order valence-corrected chi connectivity index (χ1v) is 12.0. The summed E-state index contributed by atoms with van der Waals surface area (Å²) in [7, 11) is 0. The Morgan fingerprint density at radius 1 is 1.18 bits per heavy atom. The molecule has 4 rings (SSSR count). The lowest BCUT2D eigenvalue weighted by Gasteiger charge is -2.30. The molecule has 10 heteroatoms. The highest BCUT2D eigenvalue weighted by molar-refractivity contribution is 7.14. The van der Waals surface area contributed by atoms with Crippen LogP contribution in [0.4, 0.5) is 9.93 Å². The molecule has 3 N–H and O–H groups in total. The van der Waals surface area contributed by atoms with Gasteiger partial charge in [-0.1, -0.05) is 62.4 Å². The molecule has 2 atom stereocenters. The predicted molar refractivity (Wildman–Crippen MR) is 122 cm³/mol. The number of aromatic nitrogens is 1. The van der Waals surface area contributed by atoms with E-state index in [9.17, 15) is 19.2 Å². The second kappa shape index (κ2) is 10.1. The van der Waals surface area contributed by atoms with E-state index in [1.165, 1.54) is 5.38 Å². The van der Waals surface area contributed by atoms with Crippen molar-refractivity contribution < 1.29 is 24.3 Å². The number of anilines is 1. The number of benzene rings is 1. The number of carboxylic acid groups (broad SMARTS) is 1. The number of rotatable bonds is 8. The van der Waals surface area contributed by atoms with Gasteiger partial charge in [0.25, 0.3) is 5.91 Å². The second-order valence-corrected chi connectivity index (χ2v) is 9.35. The monoisotopic (exact) mass is 470 g/mol. The van der Waals surface area contributed by atoms with Gasteiger partial charge in [0.2, 0.25) is 5.91 Å². The molecule has 4 amide bonds. The molecule has 2 unspecified atom stereocenters. The van der Waals surface area contributed by atoms with Crippen LogP contribution in [0.5, 0.6) is 0 Å². The molecule has 2 heterocycles. The van der Waals surface area contributed by atoms with E-state index in [1.54, 1.807) is 0 Å². The molecule has 1 saturated carbocycles. The van der Waals surface area contributed by atoms with Gasteiger partial charge in [0.05, 0.1) is 0 Å². The van der Waals surface area contributed by atoms with E-state index >= 15 is 0 Å². The van der Waals surface area contributed by atoms with Crippen molar-refractivity contribution in [3.8, 4) is 0 Å². The maximum Gasteiger partial charge on any atom is 0.355 e. The number of amides is 4. The molecule has 1 aromatic heterocycles. The van der Waals surface area contributed by atoms with Crippen LogP contribution in [-0.2, 0) is 16.0 Å². The average Bonchev–Trinajstić information content (AvgIpc) is 3.38. The minimum atomic E-state index is -1.19.